The van der Waals surface area contributed by atoms with Crippen molar-refractivity contribution in [2.45, 2.75) is 374 Å². The summed E-state index contributed by atoms with van der Waals surface area (Å²) in [6.45, 7) is 9.44. The third kappa shape index (κ3) is 64.6. The van der Waals surface area contributed by atoms with Crippen molar-refractivity contribution in [1.82, 2.24) is 0 Å². The summed E-state index contributed by atoms with van der Waals surface area (Å²) in [6.07, 6.45) is 47.6. The first-order valence-electron chi connectivity index (χ1n) is 36.5. The van der Waals surface area contributed by atoms with Crippen LogP contribution in [0.25, 0.3) is 0 Å². The number of phosphoric ester groups is 2. The van der Waals surface area contributed by atoms with Crippen molar-refractivity contribution in [3.8, 4) is 0 Å². The van der Waals surface area contributed by atoms with Crippen LogP contribution in [0.4, 0.5) is 0 Å². The summed E-state index contributed by atoms with van der Waals surface area (Å²) < 4.78 is 68.1. The Morgan fingerprint density at radius 3 is 0.764 bits per heavy atom. The Bertz CT molecular complexity index is 1730. The van der Waals surface area contributed by atoms with Crippen molar-refractivity contribution in [3.63, 3.8) is 0 Å². The zero-order valence-corrected chi connectivity index (χ0v) is 59.5. The highest BCUT2D eigenvalue weighted by Crippen LogP contribution is 2.45. The van der Waals surface area contributed by atoms with Crippen LogP contribution in [-0.2, 0) is 65.4 Å². The Labute approximate surface area is 543 Å². The van der Waals surface area contributed by atoms with Crippen molar-refractivity contribution in [3.05, 3.63) is 0 Å². The predicted octanol–water partition coefficient (Wildman–Crippen LogP) is 20.0. The molecule has 0 aliphatic rings. The Morgan fingerprint density at radius 2 is 0.517 bits per heavy atom. The van der Waals surface area contributed by atoms with E-state index in [9.17, 15) is 43.2 Å². The number of hydrogen-bond donors (Lipinski definition) is 3. The number of hydrogen-bond acceptors (Lipinski definition) is 15. The lowest BCUT2D eigenvalue weighted by Gasteiger charge is -2.21. The molecule has 0 aliphatic heterocycles. The van der Waals surface area contributed by atoms with Gasteiger partial charge in [0.1, 0.15) is 19.3 Å². The van der Waals surface area contributed by atoms with E-state index in [-0.39, 0.29) is 25.7 Å². The van der Waals surface area contributed by atoms with Gasteiger partial charge in [0, 0.05) is 25.7 Å². The number of carbonyl (C=O) groups excluding carboxylic acids is 4. The maximum absolute atomic E-state index is 13.0. The Kier molecular flexibility index (Phi) is 60.8. The molecule has 0 radical (unpaired) electrons. The van der Waals surface area contributed by atoms with E-state index in [1.54, 1.807) is 0 Å². The fourth-order valence-electron chi connectivity index (χ4n) is 10.6. The lowest BCUT2D eigenvalue weighted by Crippen LogP contribution is -2.30. The summed E-state index contributed by atoms with van der Waals surface area (Å²) in [4.78, 5) is 72.3. The highest BCUT2D eigenvalue weighted by atomic mass is 31.2. The van der Waals surface area contributed by atoms with E-state index in [0.29, 0.717) is 25.7 Å². The maximum Gasteiger partial charge on any atom is 0.472 e. The van der Waals surface area contributed by atoms with Crippen LogP contribution in [0.15, 0.2) is 0 Å². The molecule has 0 fully saturated rings. The van der Waals surface area contributed by atoms with Crippen LogP contribution in [0.5, 0.6) is 0 Å². The Balaban J connectivity index is 5.15. The average molecular weight is 1310 g/mol. The van der Waals surface area contributed by atoms with Gasteiger partial charge in [0.15, 0.2) is 12.2 Å². The van der Waals surface area contributed by atoms with Crippen LogP contribution in [0.1, 0.15) is 356 Å². The summed E-state index contributed by atoms with van der Waals surface area (Å²) in [5.74, 6) is -0.628. The monoisotopic (exact) mass is 1310 g/mol. The molecule has 0 aromatic heterocycles. The molecule has 3 N–H and O–H groups in total. The SMILES string of the molecule is CCCCCCCCCCCCCCCCCCCCC(=O)O[C@H](COC(=O)CCCCCCCCCCCCCC(C)C)COP(=O)(O)OC[C@@H](O)COP(=O)(O)OC[C@@H](COC(=O)CCCCCCC)OC(=O)CCCCCCCCCCCC(C)C. The molecule has 0 aliphatic carbocycles. The molecule has 5 atom stereocenters. The second-order valence-electron chi connectivity index (χ2n) is 26.2. The molecular formula is C70H136O17P2. The Morgan fingerprint density at radius 1 is 0.303 bits per heavy atom. The van der Waals surface area contributed by atoms with Crippen molar-refractivity contribution in [1.29, 1.82) is 0 Å². The summed E-state index contributed by atoms with van der Waals surface area (Å²) >= 11 is 0. The van der Waals surface area contributed by atoms with Gasteiger partial charge < -0.3 is 33.8 Å². The molecule has 528 valence electrons. The summed E-state index contributed by atoms with van der Waals surface area (Å²) in [5.41, 5.74) is 0. The normalized spacial score (nSPS) is 14.1. The third-order valence-corrected chi connectivity index (χ3v) is 18.1. The first-order valence-corrected chi connectivity index (χ1v) is 39.5. The maximum atomic E-state index is 13.0. The van der Waals surface area contributed by atoms with E-state index in [1.165, 1.54) is 167 Å². The van der Waals surface area contributed by atoms with E-state index in [1.807, 2.05) is 0 Å². The molecule has 0 aromatic carbocycles. The van der Waals surface area contributed by atoms with Gasteiger partial charge in [0.2, 0.25) is 0 Å². The molecule has 19 heteroatoms. The minimum atomic E-state index is -4.95. The van der Waals surface area contributed by atoms with Crippen molar-refractivity contribution < 1.29 is 80.2 Å². The second-order valence-corrected chi connectivity index (χ2v) is 29.1. The van der Waals surface area contributed by atoms with Crippen molar-refractivity contribution in [2.75, 3.05) is 39.6 Å². The molecule has 0 saturated carbocycles. The van der Waals surface area contributed by atoms with E-state index in [0.717, 1.165) is 108 Å². The van der Waals surface area contributed by atoms with Crippen molar-refractivity contribution in [2.24, 2.45) is 11.8 Å². The van der Waals surface area contributed by atoms with E-state index in [4.69, 9.17) is 37.0 Å². The zero-order chi connectivity index (χ0) is 65.7. The number of esters is 4. The molecule has 0 spiro atoms. The highest BCUT2D eigenvalue weighted by molar-refractivity contribution is 7.47. The quantitative estimate of drug-likeness (QED) is 0.0222. The van der Waals surface area contributed by atoms with Crippen LogP contribution in [0.2, 0.25) is 0 Å². The van der Waals surface area contributed by atoms with Gasteiger partial charge in [-0.05, 0) is 37.5 Å². The summed E-state index contributed by atoms with van der Waals surface area (Å²) in [6, 6.07) is 0. The van der Waals surface area contributed by atoms with Crippen LogP contribution < -0.4 is 0 Å². The van der Waals surface area contributed by atoms with E-state index in [2.05, 4.69) is 41.5 Å². The zero-order valence-electron chi connectivity index (χ0n) is 57.7. The minimum absolute atomic E-state index is 0.104. The first-order chi connectivity index (χ1) is 42.9. The molecule has 2 unspecified atom stereocenters. The van der Waals surface area contributed by atoms with E-state index < -0.39 is 97.5 Å². The van der Waals surface area contributed by atoms with Gasteiger partial charge in [-0.15, -0.1) is 0 Å². The number of phosphoric acid groups is 2. The van der Waals surface area contributed by atoms with Crippen LogP contribution in [0, 0.1) is 11.8 Å². The van der Waals surface area contributed by atoms with Gasteiger partial charge in [-0.2, -0.15) is 0 Å². The molecule has 0 amide bonds. The first kappa shape index (κ1) is 87.1. The number of aliphatic hydroxyl groups excluding tert-OH is 1. The second kappa shape index (κ2) is 62.2. The number of rotatable bonds is 69. The molecule has 0 saturated heterocycles. The molecule has 0 rings (SSSR count). The number of carbonyl (C=O) groups is 4. The largest absolute Gasteiger partial charge is 0.472 e. The van der Waals surface area contributed by atoms with Gasteiger partial charge in [-0.3, -0.25) is 37.3 Å². The molecule has 0 bridgehead atoms. The number of unbranched alkanes of at least 4 members (excludes halogenated alkanes) is 39. The number of ether oxygens (including phenoxy) is 4. The van der Waals surface area contributed by atoms with Crippen LogP contribution in [-0.4, -0.2) is 96.7 Å². The summed E-state index contributed by atoms with van der Waals surface area (Å²) in [5, 5.41) is 10.6. The fraction of sp³-hybridized carbons (Fsp3) is 0.943. The fourth-order valence-corrected chi connectivity index (χ4v) is 12.2. The minimum Gasteiger partial charge on any atom is -0.462 e. The molecular weight excluding hydrogens is 1170 g/mol. The molecule has 89 heavy (non-hydrogen) atoms. The van der Waals surface area contributed by atoms with Crippen molar-refractivity contribution >= 4 is 39.5 Å². The highest BCUT2D eigenvalue weighted by Gasteiger charge is 2.30. The smallest absolute Gasteiger partial charge is 0.462 e. The van der Waals surface area contributed by atoms with Crippen LogP contribution >= 0.6 is 15.6 Å². The molecule has 0 aromatic rings. The lowest BCUT2D eigenvalue weighted by atomic mass is 10.0. The topological polar surface area (TPSA) is 237 Å². The molecule has 0 heterocycles. The van der Waals surface area contributed by atoms with Gasteiger partial charge >= 0.3 is 39.5 Å². The Hall–Kier alpha value is -1.94. The van der Waals surface area contributed by atoms with Crippen LogP contribution in [0.3, 0.4) is 0 Å². The number of aliphatic hydroxyl groups is 1. The molecule has 17 nitrogen and oxygen atoms in total. The van der Waals surface area contributed by atoms with E-state index >= 15 is 0 Å². The lowest BCUT2D eigenvalue weighted by molar-refractivity contribution is -0.161. The van der Waals surface area contributed by atoms with Gasteiger partial charge in [0.25, 0.3) is 0 Å². The summed E-state index contributed by atoms with van der Waals surface area (Å²) in [7, 11) is -9.89. The van der Waals surface area contributed by atoms with Gasteiger partial charge in [-0.1, -0.05) is 305 Å². The predicted molar refractivity (Wildman–Crippen MR) is 358 cm³/mol. The third-order valence-electron chi connectivity index (χ3n) is 16.2. The average Bonchev–Trinajstić information content (AvgIpc) is 3.71. The standard InChI is InChI=1S/C70H136O17P2/c1-7-9-11-13-14-15-16-17-18-19-20-21-22-25-31-36-42-48-54-69(74)87-66(59-81-68(73)53-47-41-35-30-26-23-24-28-33-39-44-50-62(3)4)61-85-89(78,79)83-57-64(71)56-82-88(76,77)84-60-65(58-80-67(72)52-46-38-12-10-8-2)86-70(75)55-49-43-37-32-27-29-34-40-45-51-63(5)6/h62-66,71H,7-61H2,1-6H3,(H,76,77)(H,78,79)/t64-,65+,66+/m0/s1. The van der Waals surface area contributed by atoms with Gasteiger partial charge in [0.05, 0.1) is 26.4 Å². The van der Waals surface area contributed by atoms with Gasteiger partial charge in [-0.25, -0.2) is 9.13 Å².